The lowest BCUT2D eigenvalue weighted by atomic mass is 10.3. The monoisotopic (exact) mass is 331 g/mol. The van der Waals surface area contributed by atoms with Gasteiger partial charge in [-0.3, -0.25) is 9.59 Å². The third-order valence-electron chi connectivity index (χ3n) is 4.48. The van der Waals surface area contributed by atoms with Crippen molar-refractivity contribution in [1.29, 1.82) is 0 Å². The van der Waals surface area contributed by atoms with Crippen molar-refractivity contribution < 1.29 is 14.3 Å². The van der Waals surface area contributed by atoms with Crippen LogP contribution in [-0.2, 0) is 9.59 Å². The Kier molecular flexibility index (Phi) is 5.35. The minimum atomic E-state index is 0.0118. The number of rotatable bonds is 5. The van der Waals surface area contributed by atoms with Gasteiger partial charge < -0.3 is 19.9 Å². The average molecular weight is 331 g/mol. The van der Waals surface area contributed by atoms with E-state index < -0.39 is 0 Å². The van der Waals surface area contributed by atoms with Crippen molar-refractivity contribution in [3.05, 3.63) is 24.3 Å². The molecule has 6 heteroatoms. The molecule has 0 radical (unpaired) electrons. The number of hydrogen-bond donors (Lipinski definition) is 1. The van der Waals surface area contributed by atoms with Gasteiger partial charge in [-0.2, -0.15) is 0 Å². The number of amides is 2. The number of anilines is 1. The van der Waals surface area contributed by atoms with Crippen molar-refractivity contribution in [2.75, 3.05) is 45.2 Å². The predicted octanol–water partition coefficient (Wildman–Crippen LogP) is 1.58. The molecule has 0 spiro atoms. The van der Waals surface area contributed by atoms with Crippen molar-refractivity contribution >= 4 is 17.5 Å². The third-order valence-corrected chi connectivity index (χ3v) is 4.48. The third kappa shape index (κ3) is 4.71. The fraction of sp³-hybridized carbons (Fsp3) is 0.556. The quantitative estimate of drug-likeness (QED) is 0.890. The van der Waals surface area contributed by atoms with Gasteiger partial charge in [0.25, 0.3) is 5.91 Å². The van der Waals surface area contributed by atoms with Gasteiger partial charge in [-0.05, 0) is 45.0 Å². The van der Waals surface area contributed by atoms with E-state index in [-0.39, 0.29) is 24.3 Å². The maximum absolute atomic E-state index is 12.3. The summed E-state index contributed by atoms with van der Waals surface area (Å²) in [6, 6.07) is 7.23. The van der Waals surface area contributed by atoms with Crippen molar-refractivity contribution in [3.63, 3.8) is 0 Å². The van der Waals surface area contributed by atoms with E-state index in [1.165, 1.54) is 0 Å². The second kappa shape index (κ2) is 7.66. The molecule has 1 saturated heterocycles. The zero-order chi connectivity index (χ0) is 16.9. The Morgan fingerprint density at radius 2 is 2.04 bits per heavy atom. The number of likely N-dealkylation sites (N-methyl/N-ethyl adjacent to an activating group) is 1. The van der Waals surface area contributed by atoms with Gasteiger partial charge in [-0.15, -0.1) is 0 Å². The molecule has 3 rings (SSSR count). The molecule has 1 aliphatic heterocycles. The van der Waals surface area contributed by atoms with E-state index in [1.54, 1.807) is 12.1 Å². The topological polar surface area (TPSA) is 61.9 Å². The van der Waals surface area contributed by atoms with Crippen LogP contribution in [0.4, 0.5) is 5.69 Å². The van der Waals surface area contributed by atoms with Crippen LogP contribution in [0.1, 0.15) is 19.3 Å². The van der Waals surface area contributed by atoms with Crippen LogP contribution in [0.15, 0.2) is 24.3 Å². The summed E-state index contributed by atoms with van der Waals surface area (Å²) < 4.78 is 5.63. The Bertz CT molecular complexity index is 601. The molecule has 1 N–H and O–H groups in total. The summed E-state index contributed by atoms with van der Waals surface area (Å²) in [5.41, 5.74) is 0.716. The molecule has 1 aromatic carbocycles. The molecule has 2 amide bonds. The second-order valence-electron chi connectivity index (χ2n) is 6.62. The molecule has 0 bridgehead atoms. The number of carbonyl (C=O) groups excluding carboxylic acids is 2. The van der Waals surface area contributed by atoms with E-state index >= 15 is 0 Å². The molecule has 0 unspecified atom stereocenters. The molecule has 1 aromatic rings. The summed E-state index contributed by atoms with van der Waals surface area (Å²) in [5, 5.41) is 2.89. The minimum absolute atomic E-state index is 0.0118. The first-order chi connectivity index (χ1) is 11.6. The minimum Gasteiger partial charge on any atom is -0.484 e. The van der Waals surface area contributed by atoms with Crippen LogP contribution in [-0.4, -0.2) is 61.4 Å². The fourth-order valence-electron chi connectivity index (χ4n) is 2.79. The van der Waals surface area contributed by atoms with E-state index in [0.29, 0.717) is 11.4 Å². The summed E-state index contributed by atoms with van der Waals surface area (Å²) in [7, 11) is 2.08. The van der Waals surface area contributed by atoms with E-state index in [2.05, 4.69) is 17.3 Å². The van der Waals surface area contributed by atoms with Crippen LogP contribution in [0, 0.1) is 5.92 Å². The first-order valence-electron chi connectivity index (χ1n) is 8.62. The number of carbonyl (C=O) groups is 2. The lowest BCUT2D eigenvalue weighted by molar-refractivity contribution is -0.133. The van der Waals surface area contributed by atoms with Gasteiger partial charge in [0.15, 0.2) is 6.61 Å². The molecule has 2 aliphatic rings. The Morgan fingerprint density at radius 3 is 2.83 bits per heavy atom. The molecular weight excluding hydrogens is 306 g/mol. The zero-order valence-corrected chi connectivity index (χ0v) is 14.2. The Hall–Kier alpha value is -2.08. The van der Waals surface area contributed by atoms with Gasteiger partial charge in [-0.1, -0.05) is 6.07 Å². The van der Waals surface area contributed by atoms with Crippen molar-refractivity contribution in [2.24, 2.45) is 5.92 Å². The fourth-order valence-corrected chi connectivity index (χ4v) is 2.79. The highest BCUT2D eigenvalue weighted by Gasteiger charge is 2.29. The Morgan fingerprint density at radius 1 is 1.21 bits per heavy atom. The Balaban J connectivity index is 1.50. The lowest BCUT2D eigenvalue weighted by Gasteiger charge is -2.20. The van der Waals surface area contributed by atoms with E-state index in [4.69, 9.17) is 4.74 Å². The summed E-state index contributed by atoms with van der Waals surface area (Å²) in [6.07, 6.45) is 2.94. The van der Waals surface area contributed by atoms with Crippen LogP contribution in [0.5, 0.6) is 5.75 Å². The van der Waals surface area contributed by atoms with Crippen LogP contribution in [0.2, 0.25) is 0 Å². The standard InChI is InChI=1S/C18H25N3O3/c1-20-8-3-9-21(11-10-20)17(22)13-24-16-5-2-4-15(12-16)19-18(23)14-6-7-14/h2,4-5,12,14H,3,6-11,13H2,1H3,(H,19,23). The molecular formula is C18H25N3O3. The summed E-state index contributed by atoms with van der Waals surface area (Å²) in [5.74, 6) is 0.843. The van der Waals surface area contributed by atoms with Gasteiger partial charge in [0.05, 0.1) is 0 Å². The SMILES string of the molecule is CN1CCCN(C(=O)COc2cccc(NC(=O)C3CC3)c2)CC1. The zero-order valence-electron chi connectivity index (χ0n) is 14.2. The molecule has 1 saturated carbocycles. The molecule has 130 valence electrons. The van der Waals surface area contributed by atoms with Crippen LogP contribution >= 0.6 is 0 Å². The summed E-state index contributed by atoms with van der Waals surface area (Å²) >= 11 is 0. The number of hydrogen-bond acceptors (Lipinski definition) is 4. The van der Waals surface area contributed by atoms with Gasteiger partial charge in [0.2, 0.25) is 5.91 Å². The average Bonchev–Trinajstić information content (AvgIpc) is 3.41. The van der Waals surface area contributed by atoms with Crippen LogP contribution < -0.4 is 10.1 Å². The molecule has 24 heavy (non-hydrogen) atoms. The number of nitrogens with one attached hydrogen (secondary N) is 1. The largest absolute Gasteiger partial charge is 0.484 e. The van der Waals surface area contributed by atoms with Gasteiger partial charge >= 0.3 is 0 Å². The highest BCUT2D eigenvalue weighted by Crippen LogP contribution is 2.30. The van der Waals surface area contributed by atoms with Crippen molar-refractivity contribution in [3.8, 4) is 5.75 Å². The highest BCUT2D eigenvalue weighted by molar-refractivity contribution is 5.94. The van der Waals surface area contributed by atoms with Gasteiger partial charge in [-0.25, -0.2) is 0 Å². The molecule has 2 fully saturated rings. The van der Waals surface area contributed by atoms with Gasteiger partial charge in [0.1, 0.15) is 5.75 Å². The summed E-state index contributed by atoms with van der Waals surface area (Å²) in [4.78, 5) is 28.2. The normalized spacial score (nSPS) is 18.8. The molecule has 1 aliphatic carbocycles. The maximum Gasteiger partial charge on any atom is 0.260 e. The first kappa shape index (κ1) is 16.8. The van der Waals surface area contributed by atoms with Crippen molar-refractivity contribution in [1.82, 2.24) is 9.80 Å². The predicted molar refractivity (Wildman–Crippen MR) is 92.0 cm³/mol. The van der Waals surface area contributed by atoms with Crippen molar-refractivity contribution in [2.45, 2.75) is 19.3 Å². The molecule has 0 atom stereocenters. The van der Waals surface area contributed by atoms with Gasteiger partial charge in [0, 0.05) is 37.3 Å². The van der Waals surface area contributed by atoms with E-state index in [1.807, 2.05) is 17.0 Å². The number of ether oxygens (including phenoxy) is 1. The first-order valence-corrected chi connectivity index (χ1v) is 8.62. The van der Waals surface area contributed by atoms with E-state index in [0.717, 1.165) is 45.4 Å². The molecule has 0 aromatic heterocycles. The Labute approximate surface area is 142 Å². The van der Waals surface area contributed by atoms with E-state index in [9.17, 15) is 9.59 Å². The van der Waals surface area contributed by atoms with Crippen LogP contribution in [0.3, 0.4) is 0 Å². The van der Waals surface area contributed by atoms with Crippen LogP contribution in [0.25, 0.3) is 0 Å². The highest BCUT2D eigenvalue weighted by atomic mass is 16.5. The maximum atomic E-state index is 12.3. The number of nitrogens with zero attached hydrogens (tertiary/aromatic N) is 2. The number of benzene rings is 1. The molecule has 1 heterocycles. The smallest absolute Gasteiger partial charge is 0.260 e. The summed E-state index contributed by atoms with van der Waals surface area (Å²) in [6.45, 7) is 3.48. The molecule has 6 nitrogen and oxygen atoms in total. The lowest BCUT2D eigenvalue weighted by Crippen LogP contribution is -2.37. The second-order valence-corrected chi connectivity index (χ2v) is 6.62.